The summed E-state index contributed by atoms with van der Waals surface area (Å²) in [5, 5.41) is 3.93. The number of hydrogen-bond donors (Lipinski definition) is 1. The number of rotatable bonds is 8. The zero-order valence-corrected chi connectivity index (χ0v) is 13.0. The molecule has 0 spiro atoms. The molecule has 5 heteroatoms. The van der Waals surface area contributed by atoms with Crippen molar-refractivity contribution in [2.24, 2.45) is 5.92 Å². The lowest BCUT2D eigenvalue weighted by molar-refractivity contribution is 0.254. The molecule has 1 aromatic rings. The van der Waals surface area contributed by atoms with Crippen LogP contribution in [-0.2, 0) is 6.54 Å². The third kappa shape index (κ3) is 6.76. The fourth-order valence-electron chi connectivity index (χ4n) is 1.50. The number of aromatic nitrogens is 1. The molecule has 1 aromatic heterocycles. The van der Waals surface area contributed by atoms with Crippen LogP contribution in [0.3, 0.4) is 0 Å². The first-order chi connectivity index (χ1) is 8.99. The first-order valence-corrected chi connectivity index (χ1v) is 6.99. The van der Waals surface area contributed by atoms with Gasteiger partial charge in [-0.1, -0.05) is 25.4 Å². The molecule has 0 saturated carbocycles. The van der Waals surface area contributed by atoms with Gasteiger partial charge in [-0.3, -0.25) is 0 Å². The Bertz CT molecular complexity index is 383. The largest absolute Gasteiger partial charge is 0.475 e. The van der Waals surface area contributed by atoms with E-state index in [9.17, 15) is 0 Å². The summed E-state index contributed by atoms with van der Waals surface area (Å²) in [6.07, 6.45) is 1.81. The highest BCUT2D eigenvalue weighted by atomic mass is 35.5. The minimum absolute atomic E-state index is 0.510. The second kappa shape index (κ2) is 8.35. The molecule has 108 valence electrons. The maximum atomic E-state index is 6.16. The monoisotopic (exact) mass is 285 g/mol. The van der Waals surface area contributed by atoms with Crippen LogP contribution >= 0.6 is 11.6 Å². The van der Waals surface area contributed by atoms with Gasteiger partial charge in [0.25, 0.3) is 0 Å². The fourth-order valence-corrected chi connectivity index (χ4v) is 1.74. The van der Waals surface area contributed by atoms with Gasteiger partial charge in [0.1, 0.15) is 11.6 Å². The highest BCUT2D eigenvalue weighted by molar-refractivity contribution is 6.31. The zero-order valence-electron chi connectivity index (χ0n) is 12.2. The second-order valence-corrected chi connectivity index (χ2v) is 5.71. The summed E-state index contributed by atoms with van der Waals surface area (Å²) >= 11 is 6.16. The molecule has 0 fully saturated rings. The molecule has 0 aliphatic rings. The molecule has 0 bridgehead atoms. The Labute approximate surface area is 121 Å². The van der Waals surface area contributed by atoms with E-state index in [4.69, 9.17) is 16.3 Å². The van der Waals surface area contributed by atoms with Crippen LogP contribution in [0.15, 0.2) is 12.3 Å². The average molecular weight is 286 g/mol. The van der Waals surface area contributed by atoms with Crippen molar-refractivity contribution in [1.82, 2.24) is 15.2 Å². The van der Waals surface area contributed by atoms with E-state index in [0.29, 0.717) is 23.4 Å². The van der Waals surface area contributed by atoms with Crippen LogP contribution in [0.4, 0.5) is 0 Å². The van der Waals surface area contributed by atoms with Gasteiger partial charge in [-0.25, -0.2) is 4.98 Å². The van der Waals surface area contributed by atoms with Crippen LogP contribution in [0, 0.1) is 5.92 Å². The van der Waals surface area contributed by atoms with Crippen molar-refractivity contribution in [2.45, 2.75) is 20.4 Å². The molecule has 0 aliphatic heterocycles. The molecule has 0 atom stereocenters. The summed E-state index contributed by atoms with van der Waals surface area (Å²) in [5.74, 6) is 1.15. The topological polar surface area (TPSA) is 37.4 Å². The maximum Gasteiger partial charge on any atom is 0.232 e. The normalized spacial score (nSPS) is 11.3. The van der Waals surface area contributed by atoms with Crippen LogP contribution in [-0.4, -0.2) is 43.7 Å². The second-order valence-electron chi connectivity index (χ2n) is 5.31. The van der Waals surface area contributed by atoms with Crippen LogP contribution in [0.2, 0.25) is 5.02 Å². The molecule has 0 unspecified atom stereocenters. The number of hydrogen-bond acceptors (Lipinski definition) is 4. The molecule has 0 aliphatic carbocycles. The molecular formula is C14H24ClN3O. The van der Waals surface area contributed by atoms with Crippen LogP contribution in [0.5, 0.6) is 5.88 Å². The predicted octanol–water partition coefficient (Wildman–Crippen LogP) is 2.42. The molecule has 0 amide bonds. The third-order valence-electron chi connectivity index (χ3n) is 2.52. The summed E-state index contributed by atoms with van der Waals surface area (Å²) < 4.78 is 5.54. The van der Waals surface area contributed by atoms with Gasteiger partial charge in [0.15, 0.2) is 0 Å². The highest BCUT2D eigenvalue weighted by Gasteiger charge is 2.05. The lowest BCUT2D eigenvalue weighted by Gasteiger charge is -2.12. The molecule has 0 radical (unpaired) electrons. The van der Waals surface area contributed by atoms with Crippen molar-refractivity contribution < 1.29 is 4.74 Å². The van der Waals surface area contributed by atoms with E-state index < -0.39 is 0 Å². The summed E-state index contributed by atoms with van der Waals surface area (Å²) in [6.45, 7) is 7.56. The lowest BCUT2D eigenvalue weighted by Crippen LogP contribution is -2.20. The van der Waals surface area contributed by atoms with Crippen LogP contribution in [0.1, 0.15) is 19.4 Å². The van der Waals surface area contributed by atoms with Gasteiger partial charge in [0, 0.05) is 19.3 Å². The fraction of sp³-hybridized carbons (Fsp3) is 0.643. The first-order valence-electron chi connectivity index (χ1n) is 6.61. The minimum atomic E-state index is 0.510. The Morgan fingerprint density at radius 1 is 1.42 bits per heavy atom. The standard InChI is InChI=1S/C14H24ClN3O/c1-11(2)8-16-9-12-7-13(15)14(17-10-12)19-6-5-18(3)4/h7,10-11,16H,5-6,8-9H2,1-4H3. The predicted molar refractivity (Wildman–Crippen MR) is 79.8 cm³/mol. The smallest absolute Gasteiger partial charge is 0.232 e. The molecule has 0 aromatic carbocycles. The van der Waals surface area contributed by atoms with Crippen molar-refractivity contribution in [3.05, 3.63) is 22.8 Å². The van der Waals surface area contributed by atoms with Crippen LogP contribution in [0.25, 0.3) is 0 Å². The van der Waals surface area contributed by atoms with E-state index in [1.807, 2.05) is 26.4 Å². The van der Waals surface area contributed by atoms with E-state index in [0.717, 1.165) is 25.2 Å². The van der Waals surface area contributed by atoms with Crippen molar-refractivity contribution in [3.63, 3.8) is 0 Å². The Morgan fingerprint density at radius 3 is 2.74 bits per heavy atom. The molecule has 1 heterocycles. The Kier molecular flexibility index (Phi) is 7.13. The SMILES string of the molecule is CC(C)CNCc1cnc(OCCN(C)C)c(Cl)c1. The van der Waals surface area contributed by atoms with Gasteiger partial charge < -0.3 is 15.0 Å². The van der Waals surface area contributed by atoms with Gasteiger partial charge in [-0.15, -0.1) is 0 Å². The van der Waals surface area contributed by atoms with Gasteiger partial charge >= 0.3 is 0 Å². The zero-order chi connectivity index (χ0) is 14.3. The molecular weight excluding hydrogens is 262 g/mol. The lowest BCUT2D eigenvalue weighted by atomic mass is 10.2. The van der Waals surface area contributed by atoms with E-state index in [-0.39, 0.29) is 0 Å². The number of nitrogens with zero attached hydrogens (tertiary/aromatic N) is 2. The Balaban J connectivity index is 2.45. The van der Waals surface area contributed by atoms with Crippen molar-refractivity contribution in [1.29, 1.82) is 0 Å². The highest BCUT2D eigenvalue weighted by Crippen LogP contribution is 2.22. The summed E-state index contributed by atoms with van der Waals surface area (Å²) in [5.41, 5.74) is 1.07. The Morgan fingerprint density at radius 2 is 2.16 bits per heavy atom. The van der Waals surface area contributed by atoms with Gasteiger partial charge in [0.2, 0.25) is 5.88 Å². The number of likely N-dealkylation sites (N-methyl/N-ethyl adjacent to an activating group) is 1. The molecule has 0 saturated heterocycles. The molecule has 1 rings (SSSR count). The molecule has 19 heavy (non-hydrogen) atoms. The van der Waals surface area contributed by atoms with E-state index in [1.54, 1.807) is 0 Å². The van der Waals surface area contributed by atoms with Crippen molar-refractivity contribution in [3.8, 4) is 5.88 Å². The number of ether oxygens (including phenoxy) is 1. The molecule has 4 nitrogen and oxygen atoms in total. The Hall–Kier alpha value is -0.840. The summed E-state index contributed by atoms with van der Waals surface area (Å²) in [7, 11) is 4.00. The van der Waals surface area contributed by atoms with E-state index in [1.165, 1.54) is 0 Å². The summed E-state index contributed by atoms with van der Waals surface area (Å²) in [4.78, 5) is 6.31. The quantitative estimate of drug-likeness (QED) is 0.796. The average Bonchev–Trinajstić information content (AvgIpc) is 2.31. The first kappa shape index (κ1) is 16.2. The van der Waals surface area contributed by atoms with Crippen LogP contribution < -0.4 is 10.1 Å². The minimum Gasteiger partial charge on any atom is -0.475 e. The van der Waals surface area contributed by atoms with E-state index in [2.05, 4.69) is 29.0 Å². The van der Waals surface area contributed by atoms with Gasteiger partial charge in [-0.2, -0.15) is 0 Å². The van der Waals surface area contributed by atoms with E-state index >= 15 is 0 Å². The number of halogens is 1. The third-order valence-corrected chi connectivity index (χ3v) is 2.79. The maximum absolute atomic E-state index is 6.16. The number of nitrogens with one attached hydrogen (secondary N) is 1. The van der Waals surface area contributed by atoms with Crippen molar-refractivity contribution in [2.75, 3.05) is 33.8 Å². The summed E-state index contributed by atoms with van der Waals surface area (Å²) in [6, 6.07) is 1.91. The van der Waals surface area contributed by atoms with Gasteiger partial charge in [-0.05, 0) is 38.2 Å². The van der Waals surface area contributed by atoms with Crippen molar-refractivity contribution >= 4 is 11.6 Å². The van der Waals surface area contributed by atoms with Gasteiger partial charge in [0.05, 0.1) is 0 Å². The molecule has 1 N–H and O–H groups in total. The number of pyridine rings is 1.